The number of Topliss-reactive ketones (excluding diaryl/α,β-unsaturated/α-hetero) is 1. The molecule has 36 heteroatoms. The van der Waals surface area contributed by atoms with Gasteiger partial charge in [0.2, 0.25) is 12.2 Å². The normalized spacial score (nSPS) is 29.8. The molecular formula is C82H138F3N17O15S. The Balaban J connectivity index is 0.000000250. The van der Waals surface area contributed by atoms with Crippen LogP contribution in [-0.2, 0) is 28.7 Å². The summed E-state index contributed by atoms with van der Waals surface area (Å²) in [7, 11) is 17.9. The first-order valence-corrected chi connectivity index (χ1v) is 41.8. The van der Waals surface area contributed by atoms with Crippen LogP contribution in [0, 0.1) is 77.6 Å². The number of hydrogen-bond acceptors (Lipinski definition) is 17. The number of carbonyl (C=O) groups excluding carboxylic acids is 11. The number of likely N-dealkylation sites (tertiary alicyclic amines) is 7. The molecule has 6 aliphatic carbocycles. The summed E-state index contributed by atoms with van der Waals surface area (Å²) in [6.07, 6.45) is 6.97. The van der Waals surface area contributed by atoms with Crippen molar-refractivity contribution in [2.45, 2.75) is 162 Å². The third-order valence-electron chi connectivity index (χ3n) is 25.0. The lowest BCUT2D eigenvalue weighted by atomic mass is 10.0. The Bertz CT molecular complexity index is 3630. The molecule has 8 aliphatic heterocycles. The van der Waals surface area contributed by atoms with Crippen LogP contribution in [-0.4, -0.2) is 373 Å². The molecule has 118 heavy (non-hydrogen) atoms. The lowest BCUT2D eigenvalue weighted by Crippen LogP contribution is -2.43. The quantitative estimate of drug-likeness (QED) is 0.108. The van der Waals surface area contributed by atoms with Gasteiger partial charge in [0, 0.05) is 207 Å². The Morgan fingerprint density at radius 3 is 1.13 bits per heavy atom. The lowest BCUT2D eigenvalue weighted by Gasteiger charge is -2.26. The van der Waals surface area contributed by atoms with Crippen molar-refractivity contribution in [3.63, 3.8) is 0 Å². The van der Waals surface area contributed by atoms with Gasteiger partial charge >= 0.3 is 48.5 Å². The summed E-state index contributed by atoms with van der Waals surface area (Å²) in [5.41, 5.74) is 6.93. The number of aliphatic hydroxyl groups is 1. The molecule has 0 spiro atoms. The van der Waals surface area contributed by atoms with E-state index in [2.05, 4.69) is 10.2 Å². The molecule has 15 rings (SSSR count). The van der Waals surface area contributed by atoms with Gasteiger partial charge in [0.15, 0.2) is 0 Å². The fourth-order valence-electron chi connectivity index (χ4n) is 19.9. The highest BCUT2D eigenvalue weighted by molar-refractivity contribution is 7.86. The molecule has 6 saturated carbocycles. The van der Waals surface area contributed by atoms with E-state index < -0.39 is 22.6 Å². The van der Waals surface area contributed by atoms with E-state index in [0.717, 1.165) is 149 Å². The average molecular weight is 1690 g/mol. The maximum atomic E-state index is 12.6. The van der Waals surface area contributed by atoms with Crippen LogP contribution in [0.1, 0.15) is 140 Å². The molecule has 32 nitrogen and oxygen atoms in total. The van der Waals surface area contributed by atoms with E-state index >= 15 is 0 Å². The van der Waals surface area contributed by atoms with E-state index in [-0.39, 0.29) is 108 Å². The van der Waals surface area contributed by atoms with Gasteiger partial charge in [0.05, 0.1) is 36.1 Å². The first kappa shape index (κ1) is 100. The van der Waals surface area contributed by atoms with Crippen LogP contribution in [0.3, 0.4) is 0 Å². The van der Waals surface area contributed by atoms with Gasteiger partial charge < -0.3 is 75.0 Å². The minimum atomic E-state index is -4.64. The Kier molecular flexibility index (Phi) is 36.5. The predicted octanol–water partition coefficient (Wildman–Crippen LogP) is 7.44. The standard InChI is InChI=1S/C18H21N3O3.C17H27N5O2.C11H20N2O4S.C10H19N3O.C10H18N2O2.C10H16N2O2.C2HF3O.4CH4/c1-19(2)18(24)20-9-11-7-13(8-12(11)10-20)21-16(22)14-5-3-4-6-15(14)17(21)23;1-18-15-5-4-6-22(15)16(23)9-19-14-7-12-10-21(11-13(12)8-14)17(24)20(2)3;1-12(2)11(14)13-6-8-4-10(5-9(8)7-13)17-18(3,15)16;1-12(2)10(14)13-5-7-3-9(11)4-8(7)6-13;2*1-11(2)10(14)12-5-7-3-9(13)4-8(7)6-12;3-2(4,5)1-6;;;;/h3-6,11-13H,7-10H2,1-2H3;12-15,19H,4-11H2,2-3H3;8-10H,4-7H2,1-3H3;7-9H,3-6,11H2,1-2H3;7-9,13H,3-6H2,1-2H3;7-8H,3-6H2,1-2H3;1H;4*1H4/t11-,12+,13?;12-,13+,14?,15-;8-,9+,10?;2*7-,8+,9?;7-,8+;;;;;/m.0........./s1. The molecule has 13 fully saturated rings. The van der Waals surface area contributed by atoms with Crippen LogP contribution >= 0.6 is 0 Å². The number of rotatable bonds is 6. The number of imide groups is 1. The second-order valence-corrected chi connectivity index (χ2v) is 36.6. The van der Waals surface area contributed by atoms with Crippen molar-refractivity contribution < 1.29 is 83.6 Å². The number of ketones is 1. The average Bonchev–Trinajstić information content (AvgIpc) is 1.60. The summed E-state index contributed by atoms with van der Waals surface area (Å²) in [4.78, 5) is 156. The number of nitrogens with one attached hydrogen (secondary N) is 1. The molecule has 18 atom stereocenters. The van der Waals surface area contributed by atoms with Crippen LogP contribution in [0.4, 0.5) is 41.9 Å². The smallest absolute Gasteiger partial charge is 0.393 e. The summed E-state index contributed by atoms with van der Waals surface area (Å²) in [6.45, 7) is 17.8. The highest BCUT2D eigenvalue weighted by atomic mass is 32.2. The minimum Gasteiger partial charge on any atom is -0.393 e. The van der Waals surface area contributed by atoms with E-state index in [1.807, 2.05) is 43.5 Å². The van der Waals surface area contributed by atoms with Gasteiger partial charge in [-0.15, -0.1) is 0 Å². The van der Waals surface area contributed by atoms with Crippen molar-refractivity contribution in [2.75, 3.05) is 182 Å². The largest absolute Gasteiger partial charge is 0.446 e. The van der Waals surface area contributed by atoms with Gasteiger partial charge in [-0.05, 0) is 154 Å². The van der Waals surface area contributed by atoms with Gasteiger partial charge in [0.1, 0.15) is 5.78 Å². The zero-order valence-corrected chi connectivity index (χ0v) is 69.4. The van der Waals surface area contributed by atoms with Gasteiger partial charge in [-0.3, -0.25) is 42.8 Å². The number of nitrogens with zero attached hydrogens (tertiary/aromatic N) is 15. The van der Waals surface area contributed by atoms with Crippen molar-refractivity contribution in [3.05, 3.63) is 46.8 Å². The van der Waals surface area contributed by atoms with Crippen LogP contribution in [0.25, 0.3) is 4.85 Å². The number of amides is 15. The molecule has 8 heterocycles. The zero-order chi connectivity index (χ0) is 83.9. The van der Waals surface area contributed by atoms with Crippen LogP contribution < -0.4 is 11.1 Å². The molecule has 1 aromatic rings. The number of hydrogen-bond donors (Lipinski definition) is 3. The topological polar surface area (TPSA) is 339 Å². The molecule has 14 aliphatic rings. The fourth-order valence-corrected chi connectivity index (χ4v) is 20.5. The predicted molar refractivity (Wildman–Crippen MR) is 443 cm³/mol. The maximum absolute atomic E-state index is 12.6. The summed E-state index contributed by atoms with van der Waals surface area (Å²) < 4.78 is 58.4. The summed E-state index contributed by atoms with van der Waals surface area (Å²) in [6, 6.07) is 8.23. The number of fused-ring (bicyclic) bond motifs is 7. The van der Waals surface area contributed by atoms with Gasteiger partial charge in [-0.25, -0.2) is 35.3 Å². The van der Waals surface area contributed by atoms with E-state index in [0.29, 0.717) is 139 Å². The Labute approximate surface area is 698 Å². The minimum absolute atomic E-state index is 0. The Morgan fingerprint density at radius 1 is 0.525 bits per heavy atom. The number of urea groups is 6. The maximum Gasteiger partial charge on any atom is 0.446 e. The number of nitrogens with two attached hydrogens (primary N) is 1. The third-order valence-corrected chi connectivity index (χ3v) is 25.7. The molecule has 7 saturated heterocycles. The highest BCUT2D eigenvalue weighted by Gasteiger charge is 2.51. The van der Waals surface area contributed by atoms with Crippen molar-refractivity contribution in [3.8, 4) is 0 Å². The van der Waals surface area contributed by atoms with E-state index in [1.165, 1.54) is 4.90 Å². The zero-order valence-electron chi connectivity index (χ0n) is 68.6. The highest BCUT2D eigenvalue weighted by Crippen LogP contribution is 2.45. The lowest BCUT2D eigenvalue weighted by molar-refractivity contribution is -0.156. The first-order chi connectivity index (χ1) is 53.5. The number of alkyl halides is 3. The molecule has 668 valence electrons. The van der Waals surface area contributed by atoms with Crippen LogP contribution in [0.5, 0.6) is 0 Å². The van der Waals surface area contributed by atoms with E-state index in [4.69, 9.17) is 21.3 Å². The van der Waals surface area contributed by atoms with Gasteiger partial charge in [0.25, 0.3) is 21.9 Å². The third kappa shape index (κ3) is 25.5. The van der Waals surface area contributed by atoms with Crippen molar-refractivity contribution in [2.24, 2.45) is 76.7 Å². The molecule has 0 aromatic heterocycles. The number of halogens is 3. The van der Waals surface area contributed by atoms with Crippen LogP contribution in [0.15, 0.2) is 24.3 Å². The van der Waals surface area contributed by atoms with Crippen molar-refractivity contribution in [1.82, 2.24) is 73.9 Å². The Hall–Kier alpha value is -8.14. The monoisotopic (exact) mass is 1690 g/mol. The molecular weight excluding hydrogens is 1550 g/mol. The second kappa shape index (κ2) is 42.9. The van der Waals surface area contributed by atoms with E-state index in [9.17, 15) is 74.6 Å². The number of carbonyl (C=O) groups is 11. The second-order valence-electron chi connectivity index (χ2n) is 35.0. The fraction of sp³-hybridized carbons (Fsp3) is 0.780. The summed E-state index contributed by atoms with van der Waals surface area (Å²) in [5, 5.41) is 12.8. The summed E-state index contributed by atoms with van der Waals surface area (Å²) in [5.74, 6) is 5.96. The van der Waals surface area contributed by atoms with Crippen molar-refractivity contribution >= 4 is 76.1 Å². The van der Waals surface area contributed by atoms with Crippen LogP contribution in [0.2, 0.25) is 0 Å². The molecule has 1 aromatic carbocycles. The molecule has 4 N–H and O–H groups in total. The molecule has 0 bridgehead atoms. The molecule has 15 amide bonds. The Morgan fingerprint density at radius 2 is 0.822 bits per heavy atom. The van der Waals surface area contributed by atoms with Gasteiger partial charge in [-0.2, -0.15) is 21.6 Å². The van der Waals surface area contributed by atoms with Crippen molar-refractivity contribution in [1.29, 1.82) is 0 Å². The SMILES string of the molecule is C.C.C.C.CN(C)C(=O)N1C[C@H]2CC(=O)C[C@H]2C1.CN(C)C(=O)N1C[C@H]2CC(N)C[C@H]2C1.CN(C)C(=O)N1C[C@H]2CC(N3C(=O)c4ccccc4C3=O)C[C@H]2C1.CN(C)C(=O)N1C[C@H]2CC(O)C[C@H]2C1.CN(C)C(=O)N1C[C@H]2CC(OS(C)(=O)=O)C[C@H]2C1.O=CC(F)(F)F.[C-]#[N+][C@@H]1CCCN1C(=O)CNC1C[C@@H]2CN(C(=O)N(C)C)C[C@@H]2C1. The van der Waals surface area contributed by atoms with Gasteiger partial charge in [-0.1, -0.05) is 41.8 Å². The molecule has 5 unspecified atom stereocenters. The first-order valence-electron chi connectivity index (χ1n) is 40.0. The van der Waals surface area contributed by atoms with E-state index in [1.54, 1.807) is 129 Å². The number of aliphatic hydroxyl groups excluding tert-OH is 1. The number of aldehydes is 1. The number of benzene rings is 1. The molecule has 0 radical (unpaired) electrons. The summed E-state index contributed by atoms with van der Waals surface area (Å²) >= 11 is 0.